The Hall–Kier alpha value is -2.20. The van der Waals surface area contributed by atoms with Crippen LogP contribution in [0.15, 0.2) is 38.9 Å². The molecule has 158 valence electrons. The van der Waals surface area contributed by atoms with E-state index in [0.29, 0.717) is 26.9 Å². The van der Waals surface area contributed by atoms with Crippen LogP contribution in [-0.4, -0.2) is 62.6 Å². The van der Waals surface area contributed by atoms with Crippen LogP contribution in [-0.2, 0) is 18.8 Å². The normalized spacial score (nSPS) is 15.0. The quantitative estimate of drug-likeness (QED) is 0.435. The smallest absolute Gasteiger partial charge is 0.332 e. The van der Waals surface area contributed by atoms with Gasteiger partial charge in [0.05, 0.1) is 13.2 Å². The average Bonchev–Trinajstić information content (AvgIpc) is 2.77. The number of aryl methyl sites for hydroxylation is 1. The molecule has 0 aliphatic carbocycles. The summed E-state index contributed by atoms with van der Waals surface area (Å²) in [6, 6.07) is 7.17. The molecular weight excluding hydrogens is 426 g/mol. The second-order valence-electron chi connectivity index (χ2n) is 7.07. The van der Waals surface area contributed by atoms with E-state index in [1.807, 2.05) is 12.1 Å². The summed E-state index contributed by atoms with van der Waals surface area (Å²) in [5.74, 6) is 1.22. The van der Waals surface area contributed by atoms with E-state index >= 15 is 0 Å². The molecule has 0 spiro atoms. The lowest BCUT2D eigenvalue weighted by Crippen LogP contribution is -2.38. The lowest BCUT2D eigenvalue weighted by atomic mass is 10.2. The number of halogens is 1. The van der Waals surface area contributed by atoms with Crippen LogP contribution in [0.25, 0.3) is 22.4 Å². The van der Waals surface area contributed by atoms with Gasteiger partial charge < -0.3 is 4.74 Å². The number of hydrogen-bond acceptors (Lipinski definition) is 7. The van der Waals surface area contributed by atoms with Crippen molar-refractivity contribution in [3.8, 4) is 11.4 Å². The van der Waals surface area contributed by atoms with Gasteiger partial charge in [-0.1, -0.05) is 11.6 Å². The van der Waals surface area contributed by atoms with Crippen LogP contribution in [0.5, 0.6) is 0 Å². The summed E-state index contributed by atoms with van der Waals surface area (Å²) >= 11 is 7.51. The number of ether oxygens (including phenoxy) is 1. The molecule has 0 saturated carbocycles. The third-order valence-electron chi connectivity index (χ3n) is 5.12. The number of hydrogen-bond donors (Lipinski definition) is 0. The summed E-state index contributed by atoms with van der Waals surface area (Å²) in [7, 11) is 3.09. The van der Waals surface area contributed by atoms with Gasteiger partial charge in [-0.25, -0.2) is 14.8 Å². The summed E-state index contributed by atoms with van der Waals surface area (Å²) in [6.45, 7) is 4.14. The Morgan fingerprint density at radius 3 is 2.47 bits per heavy atom. The molecule has 0 bridgehead atoms. The van der Waals surface area contributed by atoms with Crippen molar-refractivity contribution >= 4 is 34.4 Å². The molecule has 1 aromatic carbocycles. The first kappa shape index (κ1) is 21.0. The minimum atomic E-state index is -0.419. The third kappa shape index (κ3) is 4.15. The molecule has 8 nitrogen and oxygen atoms in total. The fraction of sp³-hybridized carbons (Fsp3) is 0.400. The number of thioether (sulfide) groups is 1. The fourth-order valence-electron chi connectivity index (χ4n) is 3.36. The minimum absolute atomic E-state index is 0.330. The molecule has 0 radical (unpaired) electrons. The maximum Gasteiger partial charge on any atom is 0.332 e. The maximum absolute atomic E-state index is 12.9. The monoisotopic (exact) mass is 447 g/mol. The zero-order chi connectivity index (χ0) is 21.3. The first-order valence-corrected chi connectivity index (χ1v) is 11.0. The fourth-order valence-corrected chi connectivity index (χ4v) is 4.50. The van der Waals surface area contributed by atoms with Crippen molar-refractivity contribution in [1.29, 1.82) is 0 Å². The molecule has 1 aliphatic heterocycles. The lowest BCUT2D eigenvalue weighted by molar-refractivity contribution is 0.0410. The molecule has 0 N–H and O–H groups in total. The summed E-state index contributed by atoms with van der Waals surface area (Å²) < 4.78 is 7.88. The Morgan fingerprint density at radius 1 is 1.07 bits per heavy atom. The lowest BCUT2D eigenvalue weighted by Gasteiger charge is -2.26. The Balaban J connectivity index is 1.77. The summed E-state index contributed by atoms with van der Waals surface area (Å²) in [5, 5.41) is 1.56. The van der Waals surface area contributed by atoms with E-state index in [9.17, 15) is 9.59 Å². The van der Waals surface area contributed by atoms with Crippen LogP contribution in [0.3, 0.4) is 0 Å². The largest absolute Gasteiger partial charge is 0.379 e. The van der Waals surface area contributed by atoms with E-state index in [1.54, 1.807) is 19.2 Å². The highest BCUT2D eigenvalue weighted by Crippen LogP contribution is 2.26. The van der Waals surface area contributed by atoms with Gasteiger partial charge in [-0.05, 0) is 24.3 Å². The molecule has 30 heavy (non-hydrogen) atoms. The van der Waals surface area contributed by atoms with Crippen molar-refractivity contribution in [1.82, 2.24) is 24.0 Å². The highest BCUT2D eigenvalue weighted by Gasteiger charge is 2.19. The standard InChI is InChI=1S/C20H22ClN5O3S/c1-24-17-15(19(27)25(2)20(24)28)18(30-12-9-26-7-10-29-11-8-26)23-16(22-17)13-3-5-14(21)6-4-13/h3-6H,7-12H2,1-2H3. The second kappa shape index (κ2) is 8.89. The number of morpholine rings is 1. The minimum Gasteiger partial charge on any atom is -0.379 e. The number of fused-ring (bicyclic) bond motifs is 1. The SMILES string of the molecule is Cn1c(=O)c2c(SCCN3CCOCC3)nc(-c3ccc(Cl)cc3)nc2n(C)c1=O. The van der Waals surface area contributed by atoms with Gasteiger partial charge in [0.15, 0.2) is 11.5 Å². The van der Waals surface area contributed by atoms with Crippen LogP contribution in [0, 0.1) is 0 Å². The van der Waals surface area contributed by atoms with E-state index in [0.717, 1.165) is 48.7 Å². The van der Waals surface area contributed by atoms with E-state index in [2.05, 4.69) is 9.88 Å². The predicted octanol–water partition coefficient (Wildman–Crippen LogP) is 1.77. The van der Waals surface area contributed by atoms with Gasteiger partial charge in [-0.15, -0.1) is 11.8 Å². The summed E-state index contributed by atoms with van der Waals surface area (Å²) in [5.41, 5.74) is 0.295. The van der Waals surface area contributed by atoms with Crippen molar-refractivity contribution in [2.75, 3.05) is 38.6 Å². The zero-order valence-corrected chi connectivity index (χ0v) is 18.4. The van der Waals surface area contributed by atoms with Gasteiger partial charge in [0.2, 0.25) is 0 Å². The molecule has 10 heteroatoms. The van der Waals surface area contributed by atoms with Crippen LogP contribution < -0.4 is 11.2 Å². The first-order chi connectivity index (χ1) is 14.5. The van der Waals surface area contributed by atoms with Gasteiger partial charge in [0.25, 0.3) is 5.56 Å². The van der Waals surface area contributed by atoms with Crippen LogP contribution in [0.2, 0.25) is 5.02 Å². The molecule has 0 unspecified atom stereocenters. The number of rotatable bonds is 5. The molecule has 1 fully saturated rings. The topological polar surface area (TPSA) is 82.2 Å². The Bertz CT molecular complexity index is 1190. The van der Waals surface area contributed by atoms with Gasteiger partial charge >= 0.3 is 5.69 Å². The number of nitrogens with zero attached hydrogens (tertiary/aromatic N) is 5. The zero-order valence-electron chi connectivity index (χ0n) is 16.8. The van der Waals surface area contributed by atoms with E-state index in [4.69, 9.17) is 21.3 Å². The Labute approximate surface area is 182 Å². The van der Waals surface area contributed by atoms with Gasteiger partial charge in [0.1, 0.15) is 10.4 Å². The van der Waals surface area contributed by atoms with Crippen molar-refractivity contribution in [3.63, 3.8) is 0 Å². The molecule has 1 saturated heterocycles. The van der Waals surface area contributed by atoms with Crippen molar-refractivity contribution in [3.05, 3.63) is 50.1 Å². The van der Waals surface area contributed by atoms with Crippen LogP contribution in [0.4, 0.5) is 0 Å². The number of aromatic nitrogens is 4. The van der Waals surface area contributed by atoms with Gasteiger partial charge in [-0.2, -0.15) is 0 Å². The molecule has 4 rings (SSSR count). The van der Waals surface area contributed by atoms with Gasteiger partial charge in [0, 0.05) is 50.1 Å². The van der Waals surface area contributed by atoms with Crippen molar-refractivity contribution < 1.29 is 4.74 Å². The third-order valence-corrected chi connectivity index (χ3v) is 6.33. The molecule has 3 heterocycles. The first-order valence-electron chi connectivity index (χ1n) is 9.62. The second-order valence-corrected chi connectivity index (χ2v) is 8.59. The van der Waals surface area contributed by atoms with E-state index in [-0.39, 0.29) is 5.56 Å². The highest BCUT2D eigenvalue weighted by molar-refractivity contribution is 7.99. The molecule has 0 amide bonds. The molecule has 1 aliphatic rings. The Kier molecular flexibility index (Phi) is 6.24. The van der Waals surface area contributed by atoms with E-state index < -0.39 is 5.69 Å². The summed E-state index contributed by atoms with van der Waals surface area (Å²) in [6.07, 6.45) is 0. The number of benzene rings is 1. The Morgan fingerprint density at radius 2 is 1.77 bits per heavy atom. The van der Waals surface area contributed by atoms with Crippen LogP contribution in [0.1, 0.15) is 0 Å². The predicted molar refractivity (Wildman–Crippen MR) is 118 cm³/mol. The molecular formula is C20H22ClN5O3S. The van der Waals surface area contributed by atoms with E-state index in [1.165, 1.54) is 23.4 Å². The van der Waals surface area contributed by atoms with Crippen molar-refractivity contribution in [2.45, 2.75) is 5.03 Å². The van der Waals surface area contributed by atoms with Crippen molar-refractivity contribution in [2.24, 2.45) is 14.1 Å². The molecule has 2 aromatic heterocycles. The maximum atomic E-state index is 12.9. The van der Waals surface area contributed by atoms with Gasteiger partial charge in [-0.3, -0.25) is 18.8 Å². The molecule has 3 aromatic rings. The highest BCUT2D eigenvalue weighted by atomic mass is 35.5. The van der Waals surface area contributed by atoms with Crippen LogP contribution >= 0.6 is 23.4 Å². The molecule has 0 atom stereocenters. The average molecular weight is 448 g/mol. The summed E-state index contributed by atoms with van der Waals surface area (Å²) in [4.78, 5) is 36.9.